The van der Waals surface area contributed by atoms with Crippen molar-refractivity contribution in [3.63, 3.8) is 0 Å². The van der Waals surface area contributed by atoms with E-state index in [9.17, 15) is 14.7 Å². The van der Waals surface area contributed by atoms with Crippen LogP contribution < -0.4 is 19.6 Å². The SMILES string of the molecule is C=CCc1cc(/C=c2/sc3n(c2=O)[C@@H](c2cccs2)C(C(=O)OCC)=C(C)N=3)cc(OC)c1O. The van der Waals surface area contributed by atoms with Crippen molar-refractivity contribution in [1.82, 2.24) is 4.57 Å². The number of fused-ring (bicyclic) bond motifs is 1. The maximum atomic E-state index is 13.6. The summed E-state index contributed by atoms with van der Waals surface area (Å²) in [5.41, 5.74) is 1.98. The van der Waals surface area contributed by atoms with E-state index in [0.717, 1.165) is 4.88 Å². The maximum absolute atomic E-state index is 13.6. The average Bonchev–Trinajstić information content (AvgIpc) is 3.44. The van der Waals surface area contributed by atoms with Gasteiger partial charge in [0, 0.05) is 10.4 Å². The van der Waals surface area contributed by atoms with Crippen molar-refractivity contribution >= 4 is 34.7 Å². The Morgan fingerprint density at radius 1 is 1.38 bits per heavy atom. The zero-order chi connectivity index (χ0) is 24.4. The molecular weight excluding hydrogens is 472 g/mol. The minimum absolute atomic E-state index is 0.0495. The van der Waals surface area contributed by atoms with Crippen molar-refractivity contribution in [2.24, 2.45) is 4.99 Å². The van der Waals surface area contributed by atoms with Crippen LogP contribution in [0.3, 0.4) is 0 Å². The van der Waals surface area contributed by atoms with Crippen LogP contribution in [0.4, 0.5) is 0 Å². The van der Waals surface area contributed by atoms with Crippen molar-refractivity contribution in [2.75, 3.05) is 13.7 Å². The first kappa shape index (κ1) is 23.7. The first-order valence-electron chi connectivity index (χ1n) is 10.6. The Balaban J connectivity index is 1.92. The van der Waals surface area contributed by atoms with E-state index >= 15 is 0 Å². The molecule has 176 valence electrons. The number of benzene rings is 1. The molecule has 0 fully saturated rings. The molecule has 1 N–H and O–H groups in total. The monoisotopic (exact) mass is 496 g/mol. The van der Waals surface area contributed by atoms with Gasteiger partial charge in [0.15, 0.2) is 16.3 Å². The Morgan fingerprint density at radius 2 is 2.18 bits per heavy atom. The first-order valence-corrected chi connectivity index (χ1v) is 12.3. The van der Waals surface area contributed by atoms with Crippen LogP contribution >= 0.6 is 22.7 Å². The van der Waals surface area contributed by atoms with Crippen LogP contribution in [-0.4, -0.2) is 29.4 Å². The summed E-state index contributed by atoms with van der Waals surface area (Å²) >= 11 is 2.72. The molecule has 1 aromatic carbocycles. The topological polar surface area (TPSA) is 90.1 Å². The Bertz CT molecular complexity index is 1460. The van der Waals surface area contributed by atoms with Crippen LogP contribution in [0.5, 0.6) is 11.5 Å². The van der Waals surface area contributed by atoms with Gasteiger partial charge in [-0.05, 0) is 55.5 Å². The standard InChI is InChI=1S/C25H24N2O5S2/c1-5-8-16-11-15(12-17(31-4)22(16)28)13-19-23(29)27-21(18-9-7-10-33-18)20(24(30)32-6-2)14(3)26-25(27)34-19/h5,7,9-13,21,28H,1,6,8H2,2-4H3/b19-13+/t21-/m0/s1. The van der Waals surface area contributed by atoms with Gasteiger partial charge in [-0.3, -0.25) is 9.36 Å². The number of carbonyl (C=O) groups is 1. The van der Waals surface area contributed by atoms with E-state index in [-0.39, 0.29) is 17.9 Å². The van der Waals surface area contributed by atoms with Gasteiger partial charge >= 0.3 is 5.97 Å². The normalized spacial score (nSPS) is 15.6. The summed E-state index contributed by atoms with van der Waals surface area (Å²) in [7, 11) is 1.48. The van der Waals surface area contributed by atoms with E-state index in [1.807, 2.05) is 17.5 Å². The molecule has 0 amide bonds. The fraction of sp³-hybridized carbons (Fsp3) is 0.240. The van der Waals surface area contributed by atoms with Gasteiger partial charge in [0.2, 0.25) is 0 Å². The summed E-state index contributed by atoms with van der Waals surface area (Å²) in [6.45, 7) is 7.47. The summed E-state index contributed by atoms with van der Waals surface area (Å²) in [5, 5.41) is 12.3. The third-order valence-corrected chi connectivity index (χ3v) is 7.30. The summed E-state index contributed by atoms with van der Waals surface area (Å²) < 4.78 is 12.6. The fourth-order valence-corrected chi connectivity index (χ4v) is 5.77. The summed E-state index contributed by atoms with van der Waals surface area (Å²) in [4.78, 5) is 32.4. The van der Waals surface area contributed by atoms with E-state index in [2.05, 4.69) is 11.6 Å². The minimum atomic E-state index is -0.608. The van der Waals surface area contributed by atoms with Crippen LogP contribution in [0.2, 0.25) is 0 Å². The second-order valence-corrected chi connectivity index (χ2v) is 9.53. The number of hydrogen-bond donors (Lipinski definition) is 1. The van der Waals surface area contributed by atoms with Crippen LogP contribution in [0.15, 0.2) is 63.4 Å². The Hall–Kier alpha value is -3.43. The lowest BCUT2D eigenvalue weighted by atomic mass is 10.0. The number of rotatable bonds is 7. The molecule has 0 spiro atoms. The van der Waals surface area contributed by atoms with Crippen molar-refractivity contribution in [2.45, 2.75) is 26.3 Å². The molecule has 4 rings (SSSR count). The summed E-state index contributed by atoms with van der Waals surface area (Å²) in [5.74, 6) is -0.113. The molecule has 3 aromatic rings. The lowest BCUT2D eigenvalue weighted by molar-refractivity contribution is -0.139. The van der Waals surface area contributed by atoms with Gasteiger partial charge in [0.1, 0.15) is 6.04 Å². The molecule has 1 aliphatic rings. The minimum Gasteiger partial charge on any atom is -0.504 e. The number of thiazole rings is 1. The number of nitrogens with zero attached hydrogens (tertiary/aromatic N) is 2. The van der Waals surface area contributed by atoms with Gasteiger partial charge in [-0.15, -0.1) is 17.9 Å². The molecule has 0 aliphatic carbocycles. The van der Waals surface area contributed by atoms with Gasteiger partial charge in [0.25, 0.3) is 5.56 Å². The Morgan fingerprint density at radius 3 is 2.82 bits per heavy atom. The highest BCUT2D eigenvalue weighted by Gasteiger charge is 2.33. The van der Waals surface area contributed by atoms with E-state index < -0.39 is 12.0 Å². The second-order valence-electron chi connectivity index (χ2n) is 7.54. The second kappa shape index (κ2) is 9.82. The number of ether oxygens (including phenoxy) is 2. The number of phenolic OH excluding ortho intramolecular Hbond substituents is 1. The molecule has 34 heavy (non-hydrogen) atoms. The molecule has 9 heteroatoms. The number of esters is 1. The van der Waals surface area contributed by atoms with Gasteiger partial charge in [-0.2, -0.15) is 0 Å². The first-order chi connectivity index (χ1) is 16.4. The van der Waals surface area contributed by atoms with Gasteiger partial charge in [-0.25, -0.2) is 9.79 Å². The van der Waals surface area contributed by atoms with E-state index in [1.54, 1.807) is 42.7 Å². The molecule has 1 aliphatic heterocycles. The van der Waals surface area contributed by atoms with E-state index in [4.69, 9.17) is 9.47 Å². The van der Waals surface area contributed by atoms with Gasteiger partial charge in [-0.1, -0.05) is 23.5 Å². The fourth-order valence-electron chi connectivity index (χ4n) is 3.90. The van der Waals surface area contributed by atoms with E-state index in [0.29, 0.717) is 43.9 Å². The zero-order valence-corrected chi connectivity index (χ0v) is 20.7. The summed E-state index contributed by atoms with van der Waals surface area (Å²) in [6, 6.07) is 6.65. The predicted octanol–water partition coefficient (Wildman–Crippen LogP) is 3.30. The van der Waals surface area contributed by atoms with Crippen molar-refractivity contribution in [3.05, 3.63) is 89.3 Å². The Labute approximate surface area is 204 Å². The van der Waals surface area contributed by atoms with Gasteiger partial charge in [0.05, 0.1) is 29.5 Å². The number of aromatic nitrogens is 1. The third-order valence-electron chi connectivity index (χ3n) is 5.39. The molecule has 0 unspecified atom stereocenters. The molecule has 0 bridgehead atoms. The Kier molecular flexibility index (Phi) is 6.85. The predicted molar refractivity (Wildman–Crippen MR) is 133 cm³/mol. The quantitative estimate of drug-likeness (QED) is 0.400. The molecule has 1 atom stereocenters. The highest BCUT2D eigenvalue weighted by molar-refractivity contribution is 7.10. The smallest absolute Gasteiger partial charge is 0.338 e. The van der Waals surface area contributed by atoms with Crippen LogP contribution in [0, 0.1) is 0 Å². The van der Waals surface area contributed by atoms with Crippen molar-refractivity contribution in [3.8, 4) is 11.5 Å². The highest BCUT2D eigenvalue weighted by atomic mass is 32.1. The average molecular weight is 497 g/mol. The maximum Gasteiger partial charge on any atom is 0.338 e. The van der Waals surface area contributed by atoms with Crippen molar-refractivity contribution in [1.29, 1.82) is 0 Å². The number of aromatic hydroxyl groups is 1. The highest BCUT2D eigenvalue weighted by Crippen LogP contribution is 2.34. The third kappa shape index (κ3) is 4.24. The van der Waals surface area contributed by atoms with Crippen LogP contribution in [0.25, 0.3) is 6.08 Å². The number of hydrogen-bond acceptors (Lipinski definition) is 8. The number of allylic oxidation sites excluding steroid dienone is 2. The van der Waals surface area contributed by atoms with Crippen molar-refractivity contribution < 1.29 is 19.4 Å². The number of carbonyl (C=O) groups excluding carboxylic acids is 1. The van der Waals surface area contributed by atoms with Crippen LogP contribution in [-0.2, 0) is 16.0 Å². The lowest BCUT2D eigenvalue weighted by Crippen LogP contribution is -2.39. The molecule has 2 aromatic heterocycles. The van der Waals surface area contributed by atoms with Crippen LogP contribution in [0.1, 0.15) is 35.9 Å². The lowest BCUT2D eigenvalue weighted by Gasteiger charge is -2.23. The van der Waals surface area contributed by atoms with E-state index in [1.165, 1.54) is 29.8 Å². The molecular formula is C25H24N2O5S2. The zero-order valence-electron chi connectivity index (χ0n) is 19.0. The molecule has 0 radical (unpaired) electrons. The van der Waals surface area contributed by atoms with Gasteiger partial charge < -0.3 is 14.6 Å². The molecule has 0 saturated heterocycles. The molecule has 7 nitrogen and oxygen atoms in total. The molecule has 0 saturated carbocycles. The summed E-state index contributed by atoms with van der Waals surface area (Å²) in [6.07, 6.45) is 3.88. The number of methoxy groups -OCH3 is 1. The number of phenols is 1. The number of thiophene rings is 1. The largest absolute Gasteiger partial charge is 0.504 e. The molecule has 3 heterocycles.